The third-order valence-electron chi connectivity index (χ3n) is 2.96. The molecule has 5 heteroatoms. The van der Waals surface area contributed by atoms with E-state index < -0.39 is 6.29 Å². The van der Waals surface area contributed by atoms with Gasteiger partial charge in [-0.1, -0.05) is 6.92 Å². The van der Waals surface area contributed by atoms with E-state index in [1.54, 1.807) is 12.1 Å². The molecule has 1 aliphatic heterocycles. The zero-order chi connectivity index (χ0) is 12.3. The van der Waals surface area contributed by atoms with Crippen LogP contribution in [-0.4, -0.2) is 29.5 Å². The van der Waals surface area contributed by atoms with E-state index in [9.17, 15) is 5.11 Å². The molecule has 1 unspecified atom stereocenters. The standard InChI is InChI=1S/C12H18O5/c1-2-10(14)8-6-15-12(16-7-8)11-4-3-9(5-13)17-11/h3-4,8,10,12-14H,2,5-7H2,1H3. The molecule has 0 bridgehead atoms. The van der Waals surface area contributed by atoms with Crippen LogP contribution in [0.3, 0.4) is 0 Å². The molecule has 2 rings (SSSR count). The van der Waals surface area contributed by atoms with Gasteiger partial charge >= 0.3 is 0 Å². The van der Waals surface area contributed by atoms with Gasteiger partial charge in [0.05, 0.1) is 19.3 Å². The zero-order valence-corrected chi connectivity index (χ0v) is 9.83. The first-order chi connectivity index (χ1) is 8.24. The highest BCUT2D eigenvalue weighted by molar-refractivity contribution is 5.07. The summed E-state index contributed by atoms with van der Waals surface area (Å²) in [6.45, 7) is 2.70. The van der Waals surface area contributed by atoms with Gasteiger partial charge in [-0.2, -0.15) is 0 Å². The lowest BCUT2D eigenvalue weighted by Gasteiger charge is -2.30. The fourth-order valence-electron chi connectivity index (χ4n) is 1.84. The van der Waals surface area contributed by atoms with Gasteiger partial charge < -0.3 is 24.1 Å². The van der Waals surface area contributed by atoms with Gasteiger partial charge in [0.1, 0.15) is 12.4 Å². The van der Waals surface area contributed by atoms with Crippen LogP contribution in [0.4, 0.5) is 0 Å². The van der Waals surface area contributed by atoms with Crippen LogP contribution in [0.1, 0.15) is 31.2 Å². The molecule has 5 nitrogen and oxygen atoms in total. The molecule has 1 aliphatic rings. The third-order valence-corrected chi connectivity index (χ3v) is 2.96. The monoisotopic (exact) mass is 242 g/mol. The van der Waals surface area contributed by atoms with E-state index in [0.717, 1.165) is 0 Å². The maximum Gasteiger partial charge on any atom is 0.217 e. The lowest BCUT2D eigenvalue weighted by Crippen LogP contribution is -2.34. The Labute approximate surface area is 100.0 Å². The maximum absolute atomic E-state index is 9.67. The summed E-state index contributed by atoms with van der Waals surface area (Å²) >= 11 is 0. The number of aliphatic hydroxyl groups excluding tert-OH is 2. The fourth-order valence-corrected chi connectivity index (χ4v) is 1.84. The normalized spacial score (nSPS) is 27.0. The van der Waals surface area contributed by atoms with Crippen molar-refractivity contribution in [2.24, 2.45) is 5.92 Å². The number of hydrogen-bond acceptors (Lipinski definition) is 5. The van der Waals surface area contributed by atoms with Crippen molar-refractivity contribution in [1.82, 2.24) is 0 Å². The summed E-state index contributed by atoms with van der Waals surface area (Å²) in [5, 5.41) is 18.6. The van der Waals surface area contributed by atoms with E-state index in [4.69, 9.17) is 19.0 Å². The van der Waals surface area contributed by atoms with Crippen molar-refractivity contribution < 1.29 is 24.1 Å². The summed E-state index contributed by atoms with van der Waals surface area (Å²) in [7, 11) is 0. The van der Waals surface area contributed by atoms with E-state index in [1.807, 2.05) is 6.92 Å². The average molecular weight is 242 g/mol. The van der Waals surface area contributed by atoms with Gasteiger partial charge in [-0.3, -0.25) is 0 Å². The van der Waals surface area contributed by atoms with E-state index in [0.29, 0.717) is 31.2 Å². The van der Waals surface area contributed by atoms with Crippen molar-refractivity contribution in [3.8, 4) is 0 Å². The van der Waals surface area contributed by atoms with E-state index in [-0.39, 0.29) is 18.6 Å². The van der Waals surface area contributed by atoms with Gasteiger partial charge in [-0.15, -0.1) is 0 Å². The first kappa shape index (κ1) is 12.6. The molecule has 1 saturated heterocycles. The second kappa shape index (κ2) is 5.64. The Morgan fingerprint density at radius 1 is 1.35 bits per heavy atom. The highest BCUT2D eigenvalue weighted by Gasteiger charge is 2.29. The quantitative estimate of drug-likeness (QED) is 0.830. The molecule has 96 valence electrons. The third kappa shape index (κ3) is 2.87. The molecule has 0 spiro atoms. The summed E-state index contributed by atoms with van der Waals surface area (Å²) in [4.78, 5) is 0. The van der Waals surface area contributed by atoms with Crippen LogP contribution >= 0.6 is 0 Å². The largest absolute Gasteiger partial charge is 0.458 e. The van der Waals surface area contributed by atoms with Crippen molar-refractivity contribution in [3.05, 3.63) is 23.7 Å². The minimum absolute atomic E-state index is 0.0172. The topological polar surface area (TPSA) is 72.1 Å². The van der Waals surface area contributed by atoms with Crippen molar-refractivity contribution in [2.75, 3.05) is 13.2 Å². The Kier molecular flexibility index (Phi) is 4.17. The first-order valence-electron chi connectivity index (χ1n) is 5.85. The van der Waals surface area contributed by atoms with Crippen molar-refractivity contribution in [3.63, 3.8) is 0 Å². The summed E-state index contributed by atoms with van der Waals surface area (Å²) in [6.07, 6.45) is -0.228. The molecule has 17 heavy (non-hydrogen) atoms. The van der Waals surface area contributed by atoms with Gasteiger partial charge in [0.15, 0.2) is 5.76 Å². The molecule has 1 aromatic heterocycles. The molecule has 0 radical (unpaired) electrons. The van der Waals surface area contributed by atoms with E-state index in [1.165, 1.54) is 0 Å². The van der Waals surface area contributed by atoms with Crippen LogP contribution in [0.15, 0.2) is 16.5 Å². The Morgan fingerprint density at radius 2 is 2.06 bits per heavy atom. The van der Waals surface area contributed by atoms with Gasteiger partial charge in [-0.25, -0.2) is 0 Å². The molecule has 0 aliphatic carbocycles. The minimum Gasteiger partial charge on any atom is -0.458 e. The summed E-state index contributed by atoms with van der Waals surface area (Å²) in [6, 6.07) is 3.42. The van der Waals surface area contributed by atoms with Crippen LogP contribution in [0.25, 0.3) is 0 Å². The number of aliphatic hydroxyl groups is 2. The number of hydrogen-bond donors (Lipinski definition) is 2. The lowest BCUT2D eigenvalue weighted by molar-refractivity contribution is -0.226. The molecular formula is C12H18O5. The van der Waals surface area contributed by atoms with Crippen molar-refractivity contribution >= 4 is 0 Å². The van der Waals surface area contributed by atoms with Crippen LogP contribution in [0.5, 0.6) is 0 Å². The van der Waals surface area contributed by atoms with Crippen LogP contribution < -0.4 is 0 Å². The van der Waals surface area contributed by atoms with Gasteiger partial charge in [0.2, 0.25) is 6.29 Å². The van der Waals surface area contributed by atoms with E-state index in [2.05, 4.69) is 0 Å². The maximum atomic E-state index is 9.67. The fraction of sp³-hybridized carbons (Fsp3) is 0.667. The Bertz CT molecular complexity index is 340. The lowest BCUT2D eigenvalue weighted by atomic mass is 10.0. The zero-order valence-electron chi connectivity index (χ0n) is 9.83. The van der Waals surface area contributed by atoms with Gasteiger partial charge in [-0.05, 0) is 18.6 Å². The van der Waals surface area contributed by atoms with Crippen molar-refractivity contribution in [1.29, 1.82) is 0 Å². The van der Waals surface area contributed by atoms with Crippen LogP contribution in [0, 0.1) is 5.92 Å². The van der Waals surface area contributed by atoms with Crippen molar-refractivity contribution in [2.45, 2.75) is 32.3 Å². The molecule has 1 aromatic rings. The Hall–Kier alpha value is -0.880. The molecule has 0 aromatic carbocycles. The highest BCUT2D eigenvalue weighted by atomic mass is 16.7. The second-order valence-corrected chi connectivity index (χ2v) is 4.20. The number of furan rings is 1. The highest BCUT2D eigenvalue weighted by Crippen LogP contribution is 2.28. The predicted molar refractivity (Wildman–Crippen MR) is 59.1 cm³/mol. The molecule has 1 fully saturated rings. The molecule has 2 N–H and O–H groups in total. The Morgan fingerprint density at radius 3 is 2.59 bits per heavy atom. The average Bonchev–Trinajstić information content (AvgIpc) is 2.87. The number of ether oxygens (including phenoxy) is 2. The summed E-state index contributed by atoms with van der Waals surface area (Å²) < 4.78 is 16.3. The van der Waals surface area contributed by atoms with E-state index >= 15 is 0 Å². The Balaban J connectivity index is 1.90. The van der Waals surface area contributed by atoms with Crippen LogP contribution in [-0.2, 0) is 16.1 Å². The first-order valence-corrected chi connectivity index (χ1v) is 5.85. The van der Waals surface area contributed by atoms with Gasteiger partial charge in [0.25, 0.3) is 0 Å². The minimum atomic E-state index is -0.532. The molecule has 0 amide bonds. The summed E-state index contributed by atoms with van der Waals surface area (Å²) in [5.41, 5.74) is 0. The molecule has 2 heterocycles. The number of rotatable bonds is 4. The molecular weight excluding hydrogens is 224 g/mol. The second-order valence-electron chi connectivity index (χ2n) is 4.20. The molecule has 1 atom stereocenters. The van der Waals surface area contributed by atoms with Crippen LogP contribution in [0.2, 0.25) is 0 Å². The predicted octanol–water partition coefficient (Wildman–Crippen LogP) is 1.20. The molecule has 0 saturated carbocycles. The smallest absolute Gasteiger partial charge is 0.217 e. The van der Waals surface area contributed by atoms with Gasteiger partial charge in [0, 0.05) is 5.92 Å². The SMILES string of the molecule is CCC(O)C1COC(c2ccc(CO)o2)OC1. The summed E-state index contributed by atoms with van der Waals surface area (Å²) in [5.74, 6) is 1.06.